The van der Waals surface area contributed by atoms with Crippen LogP contribution in [0.2, 0.25) is 0 Å². The fourth-order valence-electron chi connectivity index (χ4n) is 2.67. The molecule has 112 valence electrons. The summed E-state index contributed by atoms with van der Waals surface area (Å²) < 4.78 is 6.61. The molecule has 0 radical (unpaired) electrons. The van der Waals surface area contributed by atoms with Gasteiger partial charge in [0.1, 0.15) is 16.2 Å². The van der Waals surface area contributed by atoms with Gasteiger partial charge in [0.2, 0.25) is 0 Å². The predicted molar refractivity (Wildman–Crippen MR) is 84.9 cm³/mol. The molecule has 1 heterocycles. The van der Waals surface area contributed by atoms with E-state index in [9.17, 15) is 0 Å². The van der Waals surface area contributed by atoms with Gasteiger partial charge >= 0.3 is 0 Å². The number of aromatic nitrogens is 2. The van der Waals surface area contributed by atoms with E-state index in [-0.39, 0.29) is 5.41 Å². The van der Waals surface area contributed by atoms with Gasteiger partial charge in [-0.05, 0) is 35.7 Å². The molecule has 0 bridgehead atoms. The van der Waals surface area contributed by atoms with Crippen molar-refractivity contribution in [3.63, 3.8) is 0 Å². The summed E-state index contributed by atoms with van der Waals surface area (Å²) in [6.07, 6.45) is 3.33. The number of hydrogen-bond donors (Lipinski definition) is 1. The smallest absolute Gasteiger partial charge is 0.132 e. The molecule has 2 atom stereocenters. The average molecular weight is 342 g/mol. The number of hydrogen-bond acceptors (Lipinski definition) is 4. The monoisotopic (exact) mass is 341 g/mol. The van der Waals surface area contributed by atoms with E-state index < -0.39 is 0 Å². The second-order valence-corrected chi connectivity index (χ2v) is 6.75. The lowest BCUT2D eigenvalue weighted by Crippen LogP contribution is -2.58. The quantitative estimate of drug-likeness (QED) is 0.799. The third-order valence-electron chi connectivity index (χ3n) is 4.08. The molecule has 0 aromatic carbocycles. The molecular formula is C15H24BrN3O. The summed E-state index contributed by atoms with van der Waals surface area (Å²) in [5, 5.41) is 3.54. The third kappa shape index (κ3) is 3.31. The standard InChI is InChI=1S/C15H24BrN3O/c1-5-7-13-18-12(16)9-14(19-13)17-10-8-11(20-6-2)15(10,3)4/h9-11H,5-8H2,1-4H3,(H,17,18,19). The molecule has 1 aromatic heterocycles. The van der Waals surface area contributed by atoms with Gasteiger partial charge in [0.05, 0.1) is 6.10 Å². The SMILES string of the molecule is CCCc1nc(Br)cc(NC2CC(OCC)C2(C)C)n1. The molecule has 20 heavy (non-hydrogen) atoms. The Bertz CT molecular complexity index is 464. The summed E-state index contributed by atoms with van der Waals surface area (Å²) >= 11 is 3.46. The first-order valence-corrected chi connectivity index (χ1v) is 8.18. The van der Waals surface area contributed by atoms with E-state index in [4.69, 9.17) is 4.74 Å². The van der Waals surface area contributed by atoms with Crippen LogP contribution >= 0.6 is 15.9 Å². The van der Waals surface area contributed by atoms with Crippen LogP contribution in [0.3, 0.4) is 0 Å². The van der Waals surface area contributed by atoms with E-state index in [0.717, 1.165) is 42.1 Å². The van der Waals surface area contributed by atoms with Crippen molar-refractivity contribution in [1.82, 2.24) is 9.97 Å². The second-order valence-electron chi connectivity index (χ2n) is 5.94. The maximum Gasteiger partial charge on any atom is 0.132 e. The molecular weight excluding hydrogens is 318 g/mol. The van der Waals surface area contributed by atoms with Gasteiger partial charge in [-0.3, -0.25) is 0 Å². The number of nitrogens with one attached hydrogen (secondary N) is 1. The minimum absolute atomic E-state index is 0.137. The number of rotatable bonds is 6. The lowest BCUT2D eigenvalue weighted by atomic mass is 9.64. The molecule has 2 rings (SSSR count). The normalized spacial score (nSPS) is 24.2. The fraction of sp³-hybridized carbons (Fsp3) is 0.733. The van der Waals surface area contributed by atoms with Gasteiger partial charge < -0.3 is 10.1 Å². The van der Waals surface area contributed by atoms with E-state index >= 15 is 0 Å². The molecule has 2 unspecified atom stereocenters. The summed E-state index contributed by atoms with van der Waals surface area (Å²) in [6, 6.07) is 2.35. The van der Waals surface area contributed by atoms with Crippen LogP contribution in [0.1, 0.15) is 46.4 Å². The molecule has 1 aliphatic rings. The van der Waals surface area contributed by atoms with Crippen molar-refractivity contribution in [2.24, 2.45) is 5.41 Å². The summed E-state index contributed by atoms with van der Waals surface area (Å²) in [5.41, 5.74) is 0.137. The molecule has 1 saturated carbocycles. The van der Waals surface area contributed by atoms with E-state index in [1.165, 1.54) is 0 Å². The maximum atomic E-state index is 5.77. The van der Waals surface area contributed by atoms with Crippen LogP contribution in [0.5, 0.6) is 0 Å². The first kappa shape index (κ1) is 15.7. The molecule has 0 spiro atoms. The Kier molecular flexibility index (Phi) is 5.02. The minimum atomic E-state index is 0.137. The number of nitrogens with zero attached hydrogens (tertiary/aromatic N) is 2. The van der Waals surface area contributed by atoms with Gasteiger partial charge in [0.25, 0.3) is 0 Å². The Hall–Kier alpha value is -0.680. The fourth-order valence-corrected chi connectivity index (χ4v) is 3.09. The van der Waals surface area contributed by atoms with Crippen molar-refractivity contribution >= 4 is 21.7 Å². The highest BCUT2D eigenvalue weighted by Gasteiger charge is 2.49. The number of aryl methyl sites for hydroxylation is 1. The Labute approximate surface area is 129 Å². The van der Waals surface area contributed by atoms with E-state index in [0.29, 0.717) is 12.1 Å². The summed E-state index contributed by atoms with van der Waals surface area (Å²) in [4.78, 5) is 8.98. The molecule has 1 fully saturated rings. The van der Waals surface area contributed by atoms with Gasteiger partial charge in [-0.1, -0.05) is 20.8 Å². The van der Waals surface area contributed by atoms with E-state index in [1.54, 1.807) is 0 Å². The van der Waals surface area contributed by atoms with Crippen molar-refractivity contribution in [2.45, 2.75) is 59.1 Å². The van der Waals surface area contributed by atoms with Gasteiger partial charge in [-0.25, -0.2) is 9.97 Å². The zero-order valence-electron chi connectivity index (χ0n) is 12.7. The first-order valence-electron chi connectivity index (χ1n) is 7.39. The summed E-state index contributed by atoms with van der Waals surface area (Å²) in [7, 11) is 0. The third-order valence-corrected chi connectivity index (χ3v) is 4.49. The molecule has 1 N–H and O–H groups in total. The van der Waals surface area contributed by atoms with E-state index in [1.807, 2.05) is 6.07 Å². The first-order chi connectivity index (χ1) is 9.47. The van der Waals surface area contributed by atoms with Crippen LogP contribution in [0.4, 0.5) is 5.82 Å². The van der Waals surface area contributed by atoms with Gasteiger partial charge in [-0.2, -0.15) is 0 Å². The number of halogens is 1. The number of anilines is 1. The van der Waals surface area contributed by atoms with Crippen LogP contribution in [0.25, 0.3) is 0 Å². The zero-order valence-corrected chi connectivity index (χ0v) is 14.3. The van der Waals surface area contributed by atoms with Crippen molar-refractivity contribution in [3.05, 3.63) is 16.5 Å². The maximum absolute atomic E-state index is 5.77. The zero-order chi connectivity index (χ0) is 14.8. The second kappa shape index (κ2) is 6.39. The topological polar surface area (TPSA) is 47.0 Å². The van der Waals surface area contributed by atoms with Crippen molar-refractivity contribution in [3.8, 4) is 0 Å². The van der Waals surface area contributed by atoms with Crippen LogP contribution < -0.4 is 5.32 Å². The lowest BCUT2D eigenvalue weighted by molar-refractivity contribution is -0.0976. The molecule has 0 aliphatic heterocycles. The van der Waals surface area contributed by atoms with Crippen LogP contribution in [0, 0.1) is 5.41 Å². The van der Waals surface area contributed by atoms with Crippen LogP contribution in [0.15, 0.2) is 10.7 Å². The highest BCUT2D eigenvalue weighted by Crippen LogP contribution is 2.44. The Morgan fingerprint density at radius 3 is 2.75 bits per heavy atom. The summed E-state index contributed by atoms with van der Waals surface area (Å²) in [5.74, 6) is 1.80. The molecule has 1 aromatic rings. The largest absolute Gasteiger partial charge is 0.378 e. The predicted octanol–water partition coefficient (Wildman–Crippen LogP) is 3.81. The highest BCUT2D eigenvalue weighted by atomic mass is 79.9. The molecule has 4 nitrogen and oxygen atoms in total. The van der Waals surface area contributed by atoms with Crippen molar-refractivity contribution < 1.29 is 4.74 Å². The van der Waals surface area contributed by atoms with Gasteiger partial charge in [0, 0.05) is 30.6 Å². The molecule has 0 amide bonds. The average Bonchev–Trinajstić information content (AvgIpc) is 2.37. The van der Waals surface area contributed by atoms with Crippen LogP contribution in [-0.4, -0.2) is 28.7 Å². The number of ether oxygens (including phenoxy) is 1. The van der Waals surface area contributed by atoms with E-state index in [2.05, 4.69) is 58.9 Å². The minimum Gasteiger partial charge on any atom is -0.378 e. The Morgan fingerprint density at radius 2 is 2.15 bits per heavy atom. The molecule has 1 aliphatic carbocycles. The van der Waals surface area contributed by atoms with Gasteiger partial charge in [-0.15, -0.1) is 0 Å². The van der Waals surface area contributed by atoms with Gasteiger partial charge in [0.15, 0.2) is 0 Å². The molecule has 0 saturated heterocycles. The highest BCUT2D eigenvalue weighted by molar-refractivity contribution is 9.10. The lowest BCUT2D eigenvalue weighted by Gasteiger charge is -2.51. The van der Waals surface area contributed by atoms with Crippen molar-refractivity contribution in [1.29, 1.82) is 0 Å². The Balaban J connectivity index is 2.04. The molecule has 5 heteroatoms. The Morgan fingerprint density at radius 1 is 1.40 bits per heavy atom. The van der Waals surface area contributed by atoms with Crippen molar-refractivity contribution in [2.75, 3.05) is 11.9 Å². The summed E-state index contributed by atoms with van der Waals surface area (Å²) in [6.45, 7) is 9.46. The van der Waals surface area contributed by atoms with Crippen LogP contribution in [-0.2, 0) is 11.2 Å².